The lowest BCUT2D eigenvalue weighted by atomic mass is 9.88. The maximum atomic E-state index is 9.47. The summed E-state index contributed by atoms with van der Waals surface area (Å²) in [6.45, 7) is 4.30. The van der Waals surface area contributed by atoms with Gasteiger partial charge in [-0.2, -0.15) is 5.26 Å². The second-order valence-corrected chi connectivity index (χ2v) is 4.50. The third kappa shape index (κ3) is 2.93. The van der Waals surface area contributed by atoms with E-state index in [4.69, 9.17) is 9.47 Å². The largest absolute Gasteiger partial charge is 0.495 e. The van der Waals surface area contributed by atoms with Crippen LogP contribution in [-0.2, 0) is 4.74 Å². The third-order valence-corrected chi connectivity index (χ3v) is 3.02. The van der Waals surface area contributed by atoms with Crippen LogP contribution < -0.4 is 10.1 Å². The van der Waals surface area contributed by atoms with Crippen molar-refractivity contribution in [3.05, 3.63) is 24.3 Å². The van der Waals surface area contributed by atoms with Crippen molar-refractivity contribution in [2.75, 3.05) is 26.1 Å². The number of nitriles is 1. The molecule has 0 saturated carbocycles. The minimum absolute atomic E-state index is 0.104. The first-order chi connectivity index (χ1) is 8.59. The second-order valence-electron chi connectivity index (χ2n) is 4.50. The number of hydrogen-bond acceptors (Lipinski definition) is 4. The predicted molar refractivity (Wildman–Crippen MR) is 71.7 cm³/mol. The highest BCUT2D eigenvalue weighted by Crippen LogP contribution is 2.29. The Morgan fingerprint density at radius 3 is 2.50 bits per heavy atom. The van der Waals surface area contributed by atoms with Crippen LogP contribution in [0.3, 0.4) is 0 Å². The van der Waals surface area contributed by atoms with Crippen molar-refractivity contribution in [1.29, 1.82) is 5.26 Å². The Labute approximate surface area is 109 Å². The van der Waals surface area contributed by atoms with Gasteiger partial charge >= 0.3 is 0 Å². The number of ether oxygens (including phenoxy) is 2. The van der Waals surface area contributed by atoms with Crippen LogP contribution in [0.5, 0.6) is 5.75 Å². The Morgan fingerprint density at radius 2 is 2.00 bits per heavy atom. The first-order valence-corrected chi connectivity index (χ1v) is 5.91. The van der Waals surface area contributed by atoms with E-state index >= 15 is 0 Å². The highest BCUT2D eigenvalue weighted by molar-refractivity contribution is 5.59. The lowest BCUT2D eigenvalue weighted by molar-refractivity contribution is 0.144. The summed E-state index contributed by atoms with van der Waals surface area (Å²) in [5, 5.41) is 12.7. The number of nitrogens with zero attached hydrogens (tertiary/aromatic N) is 1. The van der Waals surface area contributed by atoms with Gasteiger partial charge in [0.2, 0.25) is 0 Å². The van der Waals surface area contributed by atoms with E-state index < -0.39 is 5.54 Å². The van der Waals surface area contributed by atoms with Crippen molar-refractivity contribution in [2.24, 2.45) is 5.92 Å². The third-order valence-electron chi connectivity index (χ3n) is 3.02. The number of nitrogens with one attached hydrogen (secondary N) is 1. The molecule has 0 aliphatic rings. The molecular weight excluding hydrogens is 228 g/mol. The lowest BCUT2D eigenvalue weighted by Gasteiger charge is -2.32. The van der Waals surface area contributed by atoms with Gasteiger partial charge in [0.05, 0.1) is 25.5 Å². The van der Waals surface area contributed by atoms with Crippen molar-refractivity contribution in [3.63, 3.8) is 0 Å². The second kappa shape index (κ2) is 6.27. The summed E-state index contributed by atoms with van der Waals surface area (Å²) in [6, 6.07) is 9.87. The molecule has 0 amide bonds. The average Bonchev–Trinajstić information content (AvgIpc) is 2.38. The minimum Gasteiger partial charge on any atom is -0.495 e. The van der Waals surface area contributed by atoms with Crippen LogP contribution >= 0.6 is 0 Å². The number of benzene rings is 1. The number of methoxy groups -OCH3 is 2. The standard InChI is InChI=1S/C14H20N2O2/c1-11(2)14(9-15,10-17-3)16-12-7-5-6-8-13(12)18-4/h5-8,11,16H,10H2,1-4H3. The molecule has 4 nitrogen and oxygen atoms in total. The zero-order chi connectivity index (χ0) is 13.6. The molecule has 0 saturated heterocycles. The fraction of sp³-hybridized carbons (Fsp3) is 0.500. The van der Waals surface area contributed by atoms with Crippen molar-refractivity contribution in [1.82, 2.24) is 0 Å². The molecule has 1 rings (SSSR count). The first kappa shape index (κ1) is 14.3. The Morgan fingerprint density at radius 1 is 1.33 bits per heavy atom. The van der Waals surface area contributed by atoms with E-state index in [1.165, 1.54) is 0 Å². The molecule has 1 aromatic carbocycles. The number of para-hydroxylation sites is 2. The summed E-state index contributed by atoms with van der Waals surface area (Å²) in [4.78, 5) is 0. The Balaban J connectivity index is 3.07. The van der Waals surface area contributed by atoms with Crippen LogP contribution in [0.25, 0.3) is 0 Å². The number of anilines is 1. The zero-order valence-corrected chi connectivity index (χ0v) is 11.4. The van der Waals surface area contributed by atoms with Crippen LogP contribution in [-0.4, -0.2) is 26.4 Å². The molecule has 1 aromatic rings. The van der Waals surface area contributed by atoms with Crippen LogP contribution in [0.1, 0.15) is 13.8 Å². The molecule has 0 aliphatic carbocycles. The normalized spacial score (nSPS) is 13.8. The highest BCUT2D eigenvalue weighted by Gasteiger charge is 2.34. The molecular formula is C14H20N2O2. The maximum Gasteiger partial charge on any atom is 0.151 e. The van der Waals surface area contributed by atoms with Gasteiger partial charge in [-0.3, -0.25) is 0 Å². The quantitative estimate of drug-likeness (QED) is 0.841. The van der Waals surface area contributed by atoms with E-state index in [0.29, 0.717) is 12.4 Å². The van der Waals surface area contributed by atoms with Gasteiger partial charge in [-0.05, 0) is 18.1 Å². The van der Waals surface area contributed by atoms with E-state index in [9.17, 15) is 5.26 Å². The summed E-state index contributed by atoms with van der Waals surface area (Å²) in [6.07, 6.45) is 0. The summed E-state index contributed by atoms with van der Waals surface area (Å²) < 4.78 is 10.5. The molecule has 18 heavy (non-hydrogen) atoms. The van der Waals surface area contributed by atoms with Crippen molar-refractivity contribution < 1.29 is 9.47 Å². The number of rotatable bonds is 6. The van der Waals surface area contributed by atoms with Crippen LogP contribution in [0.4, 0.5) is 5.69 Å². The van der Waals surface area contributed by atoms with Crippen LogP contribution in [0, 0.1) is 17.2 Å². The van der Waals surface area contributed by atoms with E-state index in [1.807, 2.05) is 38.1 Å². The summed E-state index contributed by atoms with van der Waals surface area (Å²) in [5.74, 6) is 0.821. The van der Waals surface area contributed by atoms with Crippen LogP contribution in [0.2, 0.25) is 0 Å². The Bertz CT molecular complexity index is 426. The average molecular weight is 248 g/mol. The molecule has 0 fully saturated rings. The van der Waals surface area contributed by atoms with Gasteiger partial charge < -0.3 is 14.8 Å². The molecule has 0 bridgehead atoms. The Kier molecular flexibility index (Phi) is 4.99. The minimum atomic E-state index is -0.761. The Hall–Kier alpha value is -1.73. The molecule has 0 radical (unpaired) electrons. The van der Waals surface area contributed by atoms with E-state index in [-0.39, 0.29) is 5.92 Å². The van der Waals surface area contributed by atoms with E-state index in [0.717, 1.165) is 5.69 Å². The molecule has 0 aliphatic heterocycles. The monoisotopic (exact) mass is 248 g/mol. The molecule has 1 N–H and O–H groups in total. The smallest absolute Gasteiger partial charge is 0.151 e. The number of hydrogen-bond donors (Lipinski definition) is 1. The summed E-state index contributed by atoms with van der Waals surface area (Å²) >= 11 is 0. The fourth-order valence-corrected chi connectivity index (χ4v) is 1.75. The predicted octanol–water partition coefficient (Wildman–Crippen LogP) is 2.67. The molecule has 0 heterocycles. The van der Waals surface area contributed by atoms with Gasteiger partial charge in [-0.1, -0.05) is 26.0 Å². The SMILES string of the molecule is COCC(C#N)(Nc1ccccc1OC)C(C)C. The van der Waals surface area contributed by atoms with Gasteiger partial charge in [0.1, 0.15) is 5.75 Å². The molecule has 1 unspecified atom stereocenters. The molecule has 98 valence electrons. The summed E-state index contributed by atoms with van der Waals surface area (Å²) in [5.41, 5.74) is 0.0379. The molecule has 1 atom stereocenters. The molecule has 4 heteroatoms. The van der Waals surface area contributed by atoms with Crippen molar-refractivity contribution >= 4 is 5.69 Å². The van der Waals surface area contributed by atoms with Crippen molar-refractivity contribution in [3.8, 4) is 11.8 Å². The fourth-order valence-electron chi connectivity index (χ4n) is 1.75. The van der Waals surface area contributed by atoms with Gasteiger partial charge in [0, 0.05) is 7.11 Å². The summed E-state index contributed by atoms with van der Waals surface area (Å²) in [7, 11) is 3.21. The van der Waals surface area contributed by atoms with Gasteiger partial charge in [-0.25, -0.2) is 0 Å². The van der Waals surface area contributed by atoms with E-state index in [1.54, 1.807) is 14.2 Å². The van der Waals surface area contributed by atoms with Gasteiger partial charge in [-0.15, -0.1) is 0 Å². The molecule has 0 aromatic heterocycles. The van der Waals surface area contributed by atoms with E-state index in [2.05, 4.69) is 11.4 Å². The van der Waals surface area contributed by atoms with Crippen LogP contribution in [0.15, 0.2) is 24.3 Å². The first-order valence-electron chi connectivity index (χ1n) is 5.91. The maximum absolute atomic E-state index is 9.47. The lowest BCUT2D eigenvalue weighted by Crippen LogP contribution is -2.46. The van der Waals surface area contributed by atoms with Gasteiger partial charge in [0.15, 0.2) is 5.54 Å². The van der Waals surface area contributed by atoms with Gasteiger partial charge in [0.25, 0.3) is 0 Å². The molecule has 0 spiro atoms. The van der Waals surface area contributed by atoms with Crippen molar-refractivity contribution in [2.45, 2.75) is 19.4 Å². The zero-order valence-electron chi connectivity index (χ0n) is 11.4. The highest BCUT2D eigenvalue weighted by atomic mass is 16.5. The topological polar surface area (TPSA) is 54.3 Å².